The molecule has 0 unspecified atom stereocenters. The lowest BCUT2D eigenvalue weighted by Gasteiger charge is -2.30. The summed E-state index contributed by atoms with van der Waals surface area (Å²) >= 11 is 0. The Morgan fingerprint density at radius 3 is 2.05 bits per heavy atom. The highest BCUT2D eigenvalue weighted by molar-refractivity contribution is 6.10. The molecule has 1 heteroatoms. The van der Waals surface area contributed by atoms with Gasteiger partial charge in [-0.1, -0.05) is 110 Å². The Hall–Kier alpha value is -4.36. The van der Waals surface area contributed by atoms with Crippen LogP contribution in [0.4, 0.5) is 17.1 Å². The van der Waals surface area contributed by atoms with Crippen molar-refractivity contribution < 1.29 is 0 Å². The highest BCUT2D eigenvalue weighted by Crippen LogP contribution is 2.54. The Bertz CT molecular complexity index is 1810. The molecular formula is C36H29N. The van der Waals surface area contributed by atoms with Gasteiger partial charge in [-0.3, -0.25) is 0 Å². The Morgan fingerprint density at radius 1 is 0.541 bits per heavy atom. The minimum atomic E-state index is -0.0821. The summed E-state index contributed by atoms with van der Waals surface area (Å²) in [5.41, 5.74) is 10.3. The van der Waals surface area contributed by atoms with Gasteiger partial charge in [0, 0.05) is 22.2 Å². The zero-order valence-corrected chi connectivity index (χ0v) is 21.5. The van der Waals surface area contributed by atoms with E-state index in [-0.39, 0.29) is 5.41 Å². The van der Waals surface area contributed by atoms with Gasteiger partial charge in [-0.2, -0.15) is 0 Å². The summed E-state index contributed by atoms with van der Waals surface area (Å²) in [5, 5.41) is 5.08. The van der Waals surface area contributed by atoms with Crippen molar-refractivity contribution in [3.05, 3.63) is 138 Å². The van der Waals surface area contributed by atoms with Crippen LogP contribution < -0.4 is 4.90 Å². The Labute approximate surface area is 218 Å². The van der Waals surface area contributed by atoms with Crippen molar-refractivity contribution in [3.8, 4) is 11.1 Å². The number of aryl methyl sites for hydroxylation is 1. The standard InChI is InChI=1S/C36H29N/c1-24-17-20-31-32(21-24)36(2,3)33-23-34(29-15-9-10-16-30(29)35(31)33)37(27-13-5-4-6-14-27)28-19-18-25-11-7-8-12-26(25)22-28/h4-23H,1-3H3. The van der Waals surface area contributed by atoms with Gasteiger partial charge in [-0.05, 0) is 75.7 Å². The molecule has 0 aliphatic heterocycles. The monoisotopic (exact) mass is 475 g/mol. The topological polar surface area (TPSA) is 3.24 Å². The van der Waals surface area contributed by atoms with Crippen molar-refractivity contribution >= 4 is 38.6 Å². The molecule has 0 N–H and O–H groups in total. The van der Waals surface area contributed by atoms with Crippen molar-refractivity contribution in [1.82, 2.24) is 0 Å². The fourth-order valence-electron chi connectivity index (χ4n) is 6.18. The summed E-state index contributed by atoms with van der Waals surface area (Å²) in [4.78, 5) is 2.43. The van der Waals surface area contributed by atoms with Gasteiger partial charge in [-0.15, -0.1) is 0 Å². The molecule has 37 heavy (non-hydrogen) atoms. The summed E-state index contributed by atoms with van der Waals surface area (Å²) < 4.78 is 0. The maximum absolute atomic E-state index is 2.45. The highest BCUT2D eigenvalue weighted by atomic mass is 15.1. The van der Waals surface area contributed by atoms with E-state index in [1.54, 1.807) is 0 Å². The van der Waals surface area contributed by atoms with E-state index in [1.165, 1.54) is 60.7 Å². The van der Waals surface area contributed by atoms with E-state index in [4.69, 9.17) is 0 Å². The second-order valence-electron chi connectivity index (χ2n) is 10.7. The predicted molar refractivity (Wildman–Crippen MR) is 158 cm³/mol. The molecule has 0 atom stereocenters. The lowest BCUT2D eigenvalue weighted by atomic mass is 9.81. The van der Waals surface area contributed by atoms with E-state index in [0.717, 1.165) is 5.69 Å². The normalized spacial score (nSPS) is 13.5. The zero-order valence-electron chi connectivity index (χ0n) is 21.5. The molecule has 0 aromatic heterocycles. The van der Waals surface area contributed by atoms with Gasteiger partial charge < -0.3 is 4.90 Å². The third-order valence-electron chi connectivity index (χ3n) is 8.06. The van der Waals surface area contributed by atoms with Crippen molar-refractivity contribution in [3.63, 3.8) is 0 Å². The fourth-order valence-corrected chi connectivity index (χ4v) is 6.18. The average molecular weight is 476 g/mol. The highest BCUT2D eigenvalue weighted by Gasteiger charge is 2.37. The summed E-state index contributed by atoms with van der Waals surface area (Å²) in [6, 6.07) is 44.5. The zero-order chi connectivity index (χ0) is 25.1. The molecule has 0 bridgehead atoms. The smallest absolute Gasteiger partial charge is 0.0543 e. The van der Waals surface area contributed by atoms with E-state index in [1.807, 2.05) is 0 Å². The van der Waals surface area contributed by atoms with Crippen LogP contribution >= 0.6 is 0 Å². The van der Waals surface area contributed by atoms with Crippen molar-refractivity contribution in [2.24, 2.45) is 0 Å². The third kappa shape index (κ3) is 3.31. The van der Waals surface area contributed by atoms with Crippen LogP contribution in [0.5, 0.6) is 0 Å². The number of hydrogen-bond acceptors (Lipinski definition) is 1. The molecule has 1 nitrogen and oxygen atoms in total. The van der Waals surface area contributed by atoms with Crippen LogP contribution in [0, 0.1) is 6.92 Å². The molecule has 0 amide bonds. The first kappa shape index (κ1) is 21.9. The summed E-state index contributed by atoms with van der Waals surface area (Å²) in [6.07, 6.45) is 0. The first-order valence-corrected chi connectivity index (χ1v) is 13.0. The maximum atomic E-state index is 2.45. The minimum absolute atomic E-state index is 0.0821. The van der Waals surface area contributed by atoms with E-state index in [0.29, 0.717) is 0 Å². The molecule has 0 fully saturated rings. The molecule has 7 rings (SSSR count). The largest absolute Gasteiger partial charge is 0.310 e. The Balaban J connectivity index is 1.56. The van der Waals surface area contributed by atoms with Gasteiger partial charge in [0.05, 0.1) is 5.69 Å². The van der Waals surface area contributed by atoms with Gasteiger partial charge in [-0.25, -0.2) is 0 Å². The Kier molecular flexibility index (Phi) is 4.78. The van der Waals surface area contributed by atoms with Gasteiger partial charge in [0.15, 0.2) is 0 Å². The number of nitrogens with zero attached hydrogens (tertiary/aromatic N) is 1. The van der Waals surface area contributed by atoms with Crippen LogP contribution in [0.3, 0.4) is 0 Å². The second kappa shape index (κ2) is 8.08. The Morgan fingerprint density at radius 2 is 1.24 bits per heavy atom. The molecule has 178 valence electrons. The average Bonchev–Trinajstić information content (AvgIpc) is 3.15. The number of rotatable bonds is 3. The number of fused-ring (bicyclic) bond motifs is 6. The molecule has 0 heterocycles. The van der Waals surface area contributed by atoms with Crippen LogP contribution in [0.15, 0.2) is 121 Å². The van der Waals surface area contributed by atoms with Crippen LogP contribution in [0.25, 0.3) is 32.7 Å². The van der Waals surface area contributed by atoms with E-state index in [2.05, 4.69) is 147 Å². The van der Waals surface area contributed by atoms with E-state index in [9.17, 15) is 0 Å². The van der Waals surface area contributed by atoms with Crippen LogP contribution in [0.2, 0.25) is 0 Å². The summed E-state index contributed by atoms with van der Waals surface area (Å²) in [7, 11) is 0. The molecule has 0 saturated heterocycles. The molecule has 6 aromatic carbocycles. The molecule has 0 radical (unpaired) electrons. The maximum Gasteiger partial charge on any atom is 0.0543 e. The first-order chi connectivity index (χ1) is 18.0. The minimum Gasteiger partial charge on any atom is -0.310 e. The summed E-state index contributed by atoms with van der Waals surface area (Å²) in [6.45, 7) is 6.94. The van der Waals surface area contributed by atoms with Gasteiger partial charge in [0.2, 0.25) is 0 Å². The van der Waals surface area contributed by atoms with Crippen molar-refractivity contribution in [2.75, 3.05) is 4.90 Å². The van der Waals surface area contributed by atoms with Crippen LogP contribution in [-0.2, 0) is 5.41 Å². The number of benzene rings is 6. The first-order valence-electron chi connectivity index (χ1n) is 13.0. The lowest BCUT2D eigenvalue weighted by Crippen LogP contribution is -2.17. The number of hydrogen-bond donors (Lipinski definition) is 0. The summed E-state index contributed by atoms with van der Waals surface area (Å²) in [5.74, 6) is 0. The van der Waals surface area contributed by atoms with Crippen LogP contribution in [-0.4, -0.2) is 0 Å². The third-order valence-corrected chi connectivity index (χ3v) is 8.06. The number of para-hydroxylation sites is 1. The van der Waals surface area contributed by atoms with Crippen LogP contribution in [0.1, 0.15) is 30.5 Å². The number of anilines is 3. The molecule has 1 aliphatic carbocycles. The van der Waals surface area contributed by atoms with Gasteiger partial charge >= 0.3 is 0 Å². The molecule has 1 aliphatic rings. The predicted octanol–water partition coefficient (Wildman–Crippen LogP) is 10.1. The van der Waals surface area contributed by atoms with Gasteiger partial charge in [0.1, 0.15) is 0 Å². The van der Waals surface area contributed by atoms with Gasteiger partial charge in [0.25, 0.3) is 0 Å². The molecule has 0 saturated carbocycles. The van der Waals surface area contributed by atoms with Crippen molar-refractivity contribution in [2.45, 2.75) is 26.2 Å². The fraction of sp³-hybridized carbons (Fsp3) is 0.111. The second-order valence-corrected chi connectivity index (χ2v) is 10.7. The van der Waals surface area contributed by atoms with Crippen molar-refractivity contribution in [1.29, 1.82) is 0 Å². The van der Waals surface area contributed by atoms with E-state index >= 15 is 0 Å². The molecule has 0 spiro atoms. The molecular weight excluding hydrogens is 446 g/mol. The SMILES string of the molecule is Cc1ccc2c(c1)C(C)(C)c1cc(N(c3ccccc3)c3ccc4ccccc4c3)c3ccccc3c1-2. The lowest BCUT2D eigenvalue weighted by molar-refractivity contribution is 0.660. The van der Waals surface area contributed by atoms with E-state index < -0.39 is 0 Å². The molecule has 6 aromatic rings. The quantitative estimate of drug-likeness (QED) is 0.246.